The molecule has 0 aromatic heterocycles. The maximum Gasteiger partial charge on any atom is 0.0742 e. The highest BCUT2D eigenvalue weighted by atomic mass is 16.4. The first kappa shape index (κ1) is 16.2. The average molecular weight is 153 g/mol. The molecular formula is C5H15NO4. The van der Waals surface area contributed by atoms with Gasteiger partial charge < -0.3 is 26.3 Å². The largest absolute Gasteiger partial charge is 0.550 e. The molecule has 0 aromatic carbocycles. The summed E-state index contributed by atoms with van der Waals surface area (Å²) in [4.78, 5) is 8.89. The molecule has 0 aliphatic heterocycles. The minimum Gasteiger partial charge on any atom is -0.550 e. The number of hydrogen-bond acceptors (Lipinski definition) is 4. The number of quaternary nitrogens is 1. The Morgan fingerprint density at radius 2 is 1.80 bits per heavy atom. The van der Waals surface area contributed by atoms with E-state index < -0.39 is 12.1 Å². The molecule has 0 rings (SSSR count). The number of aliphatic hydroxyl groups is 2. The molecule has 0 aliphatic carbocycles. The van der Waals surface area contributed by atoms with E-state index in [0.717, 1.165) is 6.92 Å². The summed E-state index contributed by atoms with van der Waals surface area (Å²) in [6, 6.07) is 0. The van der Waals surface area contributed by atoms with Crippen LogP contribution in [0.4, 0.5) is 0 Å². The fourth-order valence-electron chi connectivity index (χ4n) is 0. The van der Waals surface area contributed by atoms with Crippen molar-refractivity contribution in [1.29, 1.82) is 0 Å². The normalized spacial score (nSPS) is 10.0. The summed E-state index contributed by atoms with van der Waals surface area (Å²) in [5.41, 5.74) is 0. The Morgan fingerprint density at radius 3 is 1.80 bits per heavy atom. The van der Waals surface area contributed by atoms with Gasteiger partial charge in [-0.2, -0.15) is 0 Å². The summed E-state index contributed by atoms with van der Waals surface area (Å²) in [5, 5.41) is 24.9. The molecule has 0 radical (unpaired) electrons. The van der Waals surface area contributed by atoms with Crippen molar-refractivity contribution in [3.8, 4) is 0 Å². The van der Waals surface area contributed by atoms with Crippen LogP contribution in [0.15, 0.2) is 0 Å². The molecule has 10 heavy (non-hydrogen) atoms. The molecule has 0 bridgehead atoms. The summed E-state index contributed by atoms with van der Waals surface area (Å²) in [6.07, 6.45) is -0.560. The van der Waals surface area contributed by atoms with Crippen LogP contribution < -0.4 is 11.3 Å². The van der Waals surface area contributed by atoms with Crippen molar-refractivity contribution in [2.75, 3.05) is 6.61 Å². The van der Waals surface area contributed by atoms with Crippen molar-refractivity contribution in [2.24, 2.45) is 0 Å². The Hall–Kier alpha value is -0.650. The van der Waals surface area contributed by atoms with E-state index in [4.69, 9.17) is 20.1 Å². The maximum absolute atomic E-state index is 8.89. The molecule has 0 spiro atoms. The number of aliphatic hydroxyl groups excluding tert-OH is 2. The van der Waals surface area contributed by atoms with E-state index in [1.165, 1.54) is 6.92 Å². The lowest BCUT2D eigenvalue weighted by Crippen LogP contribution is -2.16. The Balaban J connectivity index is -0.0000000910. The molecule has 1 unspecified atom stereocenters. The van der Waals surface area contributed by atoms with Crippen molar-refractivity contribution in [3.63, 3.8) is 0 Å². The van der Waals surface area contributed by atoms with Crippen LogP contribution in [-0.2, 0) is 4.79 Å². The van der Waals surface area contributed by atoms with E-state index in [1.54, 1.807) is 0 Å². The van der Waals surface area contributed by atoms with Crippen molar-refractivity contribution in [1.82, 2.24) is 6.15 Å². The highest BCUT2D eigenvalue weighted by molar-refractivity contribution is 5.60. The molecule has 5 nitrogen and oxygen atoms in total. The molecule has 0 aromatic rings. The lowest BCUT2D eigenvalue weighted by Gasteiger charge is -1.90. The van der Waals surface area contributed by atoms with Gasteiger partial charge in [-0.3, -0.25) is 0 Å². The van der Waals surface area contributed by atoms with Crippen LogP contribution in [-0.4, -0.2) is 28.9 Å². The molecule has 5 heteroatoms. The highest BCUT2D eigenvalue weighted by Crippen LogP contribution is 1.68. The highest BCUT2D eigenvalue weighted by Gasteiger charge is 1.83. The minimum absolute atomic E-state index is 0. The van der Waals surface area contributed by atoms with Crippen molar-refractivity contribution >= 4 is 5.97 Å². The van der Waals surface area contributed by atoms with Crippen molar-refractivity contribution in [2.45, 2.75) is 20.0 Å². The quantitative estimate of drug-likeness (QED) is 0.424. The number of carbonyl (C=O) groups excluding carboxylic acids is 1. The van der Waals surface area contributed by atoms with E-state index >= 15 is 0 Å². The number of carboxylic acids is 1. The van der Waals surface area contributed by atoms with Gasteiger partial charge in [0.05, 0.1) is 12.7 Å². The molecule has 0 saturated heterocycles. The summed E-state index contributed by atoms with van der Waals surface area (Å²) in [7, 11) is 0. The zero-order valence-electron chi connectivity index (χ0n) is 6.50. The van der Waals surface area contributed by atoms with Gasteiger partial charge in [0.2, 0.25) is 0 Å². The molecule has 64 valence electrons. The van der Waals surface area contributed by atoms with Crippen molar-refractivity contribution < 1.29 is 20.1 Å². The predicted molar refractivity (Wildman–Crippen MR) is 35.4 cm³/mol. The first-order valence-corrected chi connectivity index (χ1v) is 2.47. The number of carboxylic acid groups (broad SMARTS) is 1. The first-order valence-electron chi connectivity index (χ1n) is 2.47. The van der Waals surface area contributed by atoms with Gasteiger partial charge >= 0.3 is 0 Å². The summed E-state index contributed by atoms with van der Waals surface area (Å²) in [6.45, 7) is 2.36. The maximum atomic E-state index is 8.89. The molecule has 0 heterocycles. The average Bonchev–Trinajstić information content (AvgIpc) is 1.65. The molecule has 0 saturated carbocycles. The Labute approximate surface area is 59.9 Å². The zero-order chi connectivity index (χ0) is 7.86. The number of hydrogen-bond donors (Lipinski definition) is 3. The molecule has 0 amide bonds. The number of carbonyl (C=O) groups is 1. The Morgan fingerprint density at radius 1 is 1.70 bits per heavy atom. The SMILES string of the molecule is CC(=O)[O-].CC(O)CO.[NH4+]. The standard InChI is InChI=1S/C3H8O2.C2H4O2.H3N/c1-3(5)2-4;1-2(3)4;/h3-5H,2H2,1H3;1H3,(H,3,4);1H3. The minimum atomic E-state index is -1.08. The second-order valence-electron chi connectivity index (χ2n) is 1.52. The topological polar surface area (TPSA) is 117 Å². The third kappa shape index (κ3) is 163. The van der Waals surface area contributed by atoms with Crippen LogP contribution in [0.25, 0.3) is 0 Å². The zero-order valence-corrected chi connectivity index (χ0v) is 6.50. The Kier molecular flexibility index (Phi) is 18.1. The lowest BCUT2D eigenvalue weighted by molar-refractivity contribution is -0.302. The van der Waals surface area contributed by atoms with Crippen LogP contribution in [0.1, 0.15) is 13.8 Å². The fraction of sp³-hybridized carbons (Fsp3) is 0.800. The molecule has 0 aliphatic rings. The van der Waals surface area contributed by atoms with E-state index in [1.807, 2.05) is 0 Å². The summed E-state index contributed by atoms with van der Waals surface area (Å²) in [5.74, 6) is -1.08. The second-order valence-corrected chi connectivity index (χ2v) is 1.52. The smallest absolute Gasteiger partial charge is 0.0742 e. The van der Waals surface area contributed by atoms with Crippen LogP contribution in [0.5, 0.6) is 0 Å². The fourth-order valence-corrected chi connectivity index (χ4v) is 0. The summed E-state index contributed by atoms with van der Waals surface area (Å²) < 4.78 is 0. The predicted octanol–water partition coefficient (Wildman–Crippen LogP) is -1.51. The molecule has 6 N–H and O–H groups in total. The lowest BCUT2D eigenvalue weighted by atomic mass is 10.5. The van der Waals surface area contributed by atoms with Crippen LogP contribution in [0, 0.1) is 0 Å². The van der Waals surface area contributed by atoms with Gasteiger partial charge in [-0.1, -0.05) is 0 Å². The Bertz CT molecular complexity index is 70.0. The van der Waals surface area contributed by atoms with Crippen LogP contribution in [0.3, 0.4) is 0 Å². The van der Waals surface area contributed by atoms with Gasteiger partial charge in [0, 0.05) is 5.97 Å². The van der Waals surface area contributed by atoms with E-state index in [-0.39, 0.29) is 12.8 Å². The van der Waals surface area contributed by atoms with Gasteiger partial charge in [0.15, 0.2) is 0 Å². The first-order chi connectivity index (χ1) is 4.00. The van der Waals surface area contributed by atoms with E-state index in [2.05, 4.69) is 0 Å². The molecule has 0 fully saturated rings. The number of rotatable bonds is 1. The molecular weight excluding hydrogens is 138 g/mol. The second kappa shape index (κ2) is 11.2. The van der Waals surface area contributed by atoms with Crippen LogP contribution in [0.2, 0.25) is 0 Å². The van der Waals surface area contributed by atoms with E-state index in [9.17, 15) is 0 Å². The van der Waals surface area contributed by atoms with Gasteiger partial charge in [-0.25, -0.2) is 0 Å². The summed E-state index contributed by atoms with van der Waals surface area (Å²) >= 11 is 0. The van der Waals surface area contributed by atoms with Gasteiger partial charge in [-0.05, 0) is 13.8 Å². The van der Waals surface area contributed by atoms with E-state index in [0.29, 0.717) is 0 Å². The van der Waals surface area contributed by atoms with Gasteiger partial charge in [-0.15, -0.1) is 0 Å². The van der Waals surface area contributed by atoms with Gasteiger partial charge in [0.25, 0.3) is 0 Å². The van der Waals surface area contributed by atoms with Crippen molar-refractivity contribution in [3.05, 3.63) is 0 Å². The monoisotopic (exact) mass is 153 g/mol. The van der Waals surface area contributed by atoms with Gasteiger partial charge in [0.1, 0.15) is 0 Å². The third-order valence-corrected chi connectivity index (χ3v) is 0.264. The third-order valence-electron chi connectivity index (χ3n) is 0.264. The van der Waals surface area contributed by atoms with Crippen LogP contribution >= 0.6 is 0 Å². The number of aliphatic carboxylic acids is 1. The molecule has 1 atom stereocenters.